The normalized spacial score (nSPS) is 10.1. The molecule has 0 atom stereocenters. The first-order valence-electron chi connectivity index (χ1n) is 2.79. The number of rotatable bonds is 0. The third kappa shape index (κ3) is 6890. The van der Waals surface area contributed by atoms with Gasteiger partial charge in [-0.1, -0.05) is 0 Å². The average Bonchev–Trinajstić information content (AvgIpc) is 1.62. The van der Waals surface area contributed by atoms with Gasteiger partial charge in [0.15, 0.2) is 0 Å². The molecule has 0 unspecified atom stereocenters. The van der Waals surface area contributed by atoms with Crippen LogP contribution in [-0.2, 0) is 97.5 Å². The van der Waals surface area contributed by atoms with E-state index < -0.39 is 41.6 Å². The van der Waals surface area contributed by atoms with Crippen molar-refractivity contribution in [2.75, 3.05) is 0 Å². The molecule has 0 spiro atoms. The molecule has 0 heterocycles. The molecule has 0 radical (unpaired) electrons. The van der Waals surface area contributed by atoms with Gasteiger partial charge in [0.25, 0.3) is 0 Å². The third-order valence-electron chi connectivity index (χ3n) is 0. The van der Waals surface area contributed by atoms with E-state index in [1.165, 1.54) is 0 Å². The molecule has 23 heavy (non-hydrogen) atoms. The second-order valence-electron chi connectivity index (χ2n) is 1.79. The van der Waals surface area contributed by atoms with Crippen molar-refractivity contribution in [3.63, 3.8) is 0 Å². The van der Waals surface area contributed by atoms with Gasteiger partial charge in [-0.3, -0.25) is 36.4 Å². The van der Waals surface area contributed by atoms with E-state index in [-0.39, 0.29) is 55.9 Å². The Balaban J connectivity index is -0.0000000284. The molecule has 0 rings (SSSR count). The van der Waals surface area contributed by atoms with Crippen LogP contribution in [0.4, 0.5) is 0 Å². The summed E-state index contributed by atoms with van der Waals surface area (Å²) in [5, 5.41) is 0. The third-order valence-corrected chi connectivity index (χ3v) is 0. The topological polar surface area (TPSA) is 298 Å². The molecule has 8 N–H and O–H groups in total. The van der Waals surface area contributed by atoms with Gasteiger partial charge in [-0.05, 0) is 0 Å². The molecule has 0 aliphatic rings. The molecule has 0 saturated carbocycles. The zero-order valence-electron chi connectivity index (χ0n) is 9.68. The minimum atomic E-state index is -4.67. The zero-order chi connectivity index (χ0) is 18.0. The first-order valence-corrected chi connectivity index (χ1v) is 8.38. The monoisotopic (exact) mass is 552 g/mol. The fraction of sp³-hybridized carbons (Fsp3) is 0. The van der Waals surface area contributed by atoms with E-state index in [1.807, 2.05) is 0 Å². The summed E-state index contributed by atoms with van der Waals surface area (Å²) in [6.45, 7) is 0. The quantitative estimate of drug-likeness (QED) is 0.113. The van der Waals surface area contributed by atoms with E-state index in [9.17, 15) is 0 Å². The first-order chi connectivity index (χ1) is 8.00. The smallest absolute Gasteiger partial charge is 0.264 e. The predicted molar refractivity (Wildman–Crippen MR) is 56.7 cm³/mol. The molecule has 0 aliphatic carbocycles. The van der Waals surface area contributed by atoms with Crippen LogP contribution in [0.3, 0.4) is 0 Å². The van der Waals surface area contributed by atoms with Crippen molar-refractivity contribution in [1.82, 2.24) is 0 Å². The van der Waals surface area contributed by atoms with Gasteiger partial charge in [-0.2, -0.15) is 33.7 Å². The molecular formula is H8Fe2O16S4Ti. The summed E-state index contributed by atoms with van der Waals surface area (Å²) in [6, 6.07) is 0. The Labute approximate surface area is 166 Å². The van der Waals surface area contributed by atoms with Crippen molar-refractivity contribution in [2.45, 2.75) is 0 Å². The van der Waals surface area contributed by atoms with Gasteiger partial charge in [0.1, 0.15) is 0 Å². The van der Waals surface area contributed by atoms with E-state index in [0.717, 1.165) is 0 Å². The summed E-state index contributed by atoms with van der Waals surface area (Å²) >= 11 is 0. The molecule has 23 heteroatoms. The van der Waals surface area contributed by atoms with Crippen LogP contribution < -0.4 is 0 Å². The predicted octanol–water partition coefficient (Wildman–Crippen LogP) is -2.62. The molecule has 0 bridgehead atoms. The second kappa shape index (κ2) is 18.0. The van der Waals surface area contributed by atoms with Crippen molar-refractivity contribution in [1.29, 1.82) is 0 Å². The minimum Gasteiger partial charge on any atom is -0.264 e. The summed E-state index contributed by atoms with van der Waals surface area (Å²) in [6.07, 6.45) is 0. The summed E-state index contributed by atoms with van der Waals surface area (Å²) in [4.78, 5) is 0. The maximum absolute atomic E-state index is 8.74. The summed E-state index contributed by atoms with van der Waals surface area (Å²) in [7, 11) is -18.7. The Kier molecular flexibility index (Phi) is 34.5. The van der Waals surface area contributed by atoms with Crippen LogP contribution in [0, 0.1) is 0 Å². The van der Waals surface area contributed by atoms with Crippen LogP contribution in [0.15, 0.2) is 0 Å². The van der Waals surface area contributed by atoms with E-state index in [2.05, 4.69) is 0 Å². The SMILES string of the molecule is O=S(=O)(O)O.O=S(=O)(O)O.O=S(=O)(O)O.O=S(=O)(O)O.[Fe].[Fe].[Ti]. The van der Waals surface area contributed by atoms with Crippen LogP contribution in [0.25, 0.3) is 0 Å². The number of hydrogen-bond donors (Lipinski definition) is 8. The first kappa shape index (κ1) is 44.0. The van der Waals surface area contributed by atoms with E-state index >= 15 is 0 Å². The molecule has 148 valence electrons. The molecule has 0 fully saturated rings. The Morgan fingerprint density at radius 3 is 0.348 bits per heavy atom. The summed E-state index contributed by atoms with van der Waals surface area (Å²) in [5.74, 6) is 0. The van der Waals surface area contributed by atoms with Crippen molar-refractivity contribution in [3.05, 3.63) is 0 Å². The van der Waals surface area contributed by atoms with Crippen LogP contribution >= 0.6 is 0 Å². The Bertz CT molecular complexity index is 483. The van der Waals surface area contributed by atoms with Crippen molar-refractivity contribution < 1.29 is 126 Å². The average molecular weight is 552 g/mol. The van der Waals surface area contributed by atoms with E-state index in [1.54, 1.807) is 0 Å². The molecule has 0 aromatic heterocycles. The molecule has 0 aromatic rings. The van der Waals surface area contributed by atoms with E-state index in [4.69, 9.17) is 70.1 Å². The van der Waals surface area contributed by atoms with Crippen molar-refractivity contribution in [3.8, 4) is 0 Å². The molecule has 0 aliphatic heterocycles. The molecular weight excluding hydrogens is 544 g/mol. The van der Waals surface area contributed by atoms with Gasteiger partial charge in [-0.15, -0.1) is 0 Å². The van der Waals surface area contributed by atoms with Crippen molar-refractivity contribution >= 4 is 41.6 Å². The van der Waals surface area contributed by atoms with Crippen LogP contribution in [0.1, 0.15) is 0 Å². The molecule has 0 amide bonds. The van der Waals surface area contributed by atoms with Crippen LogP contribution in [0.5, 0.6) is 0 Å². The van der Waals surface area contributed by atoms with Crippen molar-refractivity contribution in [2.24, 2.45) is 0 Å². The Hall–Kier alpha value is 1.23. The van der Waals surface area contributed by atoms with Gasteiger partial charge in [0, 0.05) is 55.9 Å². The van der Waals surface area contributed by atoms with Gasteiger partial charge < -0.3 is 0 Å². The van der Waals surface area contributed by atoms with E-state index in [0.29, 0.717) is 0 Å². The number of hydrogen-bond acceptors (Lipinski definition) is 8. The zero-order valence-corrected chi connectivity index (χ0v) is 16.7. The Morgan fingerprint density at radius 1 is 0.348 bits per heavy atom. The van der Waals surface area contributed by atoms with Gasteiger partial charge in [0.05, 0.1) is 0 Å². The van der Waals surface area contributed by atoms with Crippen LogP contribution in [-0.4, -0.2) is 70.1 Å². The summed E-state index contributed by atoms with van der Waals surface area (Å²) < 4.78 is 126. The molecule has 0 saturated heterocycles. The minimum absolute atomic E-state index is 0. The Morgan fingerprint density at radius 2 is 0.348 bits per heavy atom. The fourth-order valence-corrected chi connectivity index (χ4v) is 0. The second-order valence-corrected chi connectivity index (χ2v) is 5.37. The standard InChI is InChI=1S/2Fe.4H2O4S.Ti/c;;4*1-5(2,3)4;/h;;4*(H2,1,2,3,4);. The molecule has 16 nitrogen and oxygen atoms in total. The van der Waals surface area contributed by atoms with Gasteiger partial charge >= 0.3 is 41.6 Å². The summed E-state index contributed by atoms with van der Waals surface area (Å²) in [5.41, 5.74) is 0. The maximum Gasteiger partial charge on any atom is 0.394 e. The fourth-order valence-electron chi connectivity index (χ4n) is 0. The molecule has 0 aromatic carbocycles. The van der Waals surface area contributed by atoms with Gasteiger partial charge in [-0.25, -0.2) is 0 Å². The maximum atomic E-state index is 8.74. The largest absolute Gasteiger partial charge is 0.394 e. The van der Waals surface area contributed by atoms with Crippen LogP contribution in [0.2, 0.25) is 0 Å². The van der Waals surface area contributed by atoms with Gasteiger partial charge in [0.2, 0.25) is 0 Å².